The number of hydrogen-bond acceptors (Lipinski definition) is 4. The molecule has 0 saturated heterocycles. The summed E-state index contributed by atoms with van der Waals surface area (Å²) in [7, 11) is 0. The lowest BCUT2D eigenvalue weighted by atomic mass is 9.75. The van der Waals surface area contributed by atoms with Crippen molar-refractivity contribution in [3.8, 4) is 0 Å². The van der Waals surface area contributed by atoms with Crippen molar-refractivity contribution >= 4 is 11.6 Å². The SMILES string of the molecule is CC(O)(c1ccncc1Cl)C1(CC(F)(F)F)C=CN=N1. The van der Waals surface area contributed by atoms with Gasteiger partial charge in [-0.2, -0.15) is 23.4 Å². The van der Waals surface area contributed by atoms with Crippen LogP contribution < -0.4 is 0 Å². The van der Waals surface area contributed by atoms with Crippen LogP contribution in [0.4, 0.5) is 13.2 Å². The first-order chi connectivity index (χ1) is 9.18. The van der Waals surface area contributed by atoms with E-state index in [0.717, 1.165) is 12.3 Å². The third-order valence-corrected chi connectivity index (χ3v) is 3.56. The molecule has 8 heteroatoms. The molecule has 108 valence electrons. The fraction of sp³-hybridized carbons (Fsp3) is 0.417. The number of hydrogen-bond donors (Lipinski definition) is 1. The Labute approximate surface area is 118 Å². The molecule has 0 saturated carbocycles. The van der Waals surface area contributed by atoms with E-state index in [0.29, 0.717) is 0 Å². The van der Waals surface area contributed by atoms with Gasteiger partial charge < -0.3 is 5.11 Å². The number of rotatable bonds is 3. The molecule has 0 aromatic carbocycles. The van der Waals surface area contributed by atoms with E-state index in [1.165, 1.54) is 25.4 Å². The number of azo groups is 1. The lowest BCUT2D eigenvalue weighted by Crippen LogP contribution is -2.49. The molecule has 0 amide bonds. The summed E-state index contributed by atoms with van der Waals surface area (Å²) in [6.45, 7) is 1.23. The predicted octanol–water partition coefficient (Wildman–Crippen LogP) is 3.61. The first kappa shape index (κ1) is 14.9. The normalized spacial score (nSPS) is 24.9. The van der Waals surface area contributed by atoms with Gasteiger partial charge in [0.1, 0.15) is 11.1 Å². The summed E-state index contributed by atoms with van der Waals surface area (Å²) in [6, 6.07) is 1.36. The molecule has 2 rings (SSSR count). The van der Waals surface area contributed by atoms with Crippen LogP contribution >= 0.6 is 11.6 Å². The molecule has 0 radical (unpaired) electrons. The zero-order chi connectivity index (χ0) is 15.0. The summed E-state index contributed by atoms with van der Waals surface area (Å²) in [6.07, 6.45) is -0.995. The minimum Gasteiger partial charge on any atom is -0.382 e. The van der Waals surface area contributed by atoms with Crippen molar-refractivity contribution in [2.24, 2.45) is 10.2 Å². The van der Waals surface area contributed by atoms with Crippen molar-refractivity contribution in [2.45, 2.75) is 30.7 Å². The van der Waals surface area contributed by atoms with E-state index in [1.54, 1.807) is 0 Å². The molecular weight excluding hydrogens is 295 g/mol. The summed E-state index contributed by atoms with van der Waals surface area (Å²) in [4.78, 5) is 3.75. The third kappa shape index (κ3) is 2.55. The Bertz CT molecular complexity index is 557. The van der Waals surface area contributed by atoms with Gasteiger partial charge >= 0.3 is 6.18 Å². The van der Waals surface area contributed by atoms with Crippen molar-refractivity contribution in [1.29, 1.82) is 0 Å². The highest BCUT2D eigenvalue weighted by Crippen LogP contribution is 2.47. The van der Waals surface area contributed by atoms with E-state index < -0.39 is 23.7 Å². The lowest BCUT2D eigenvalue weighted by molar-refractivity contribution is -0.162. The van der Waals surface area contributed by atoms with Gasteiger partial charge in [-0.15, -0.1) is 0 Å². The molecule has 2 heterocycles. The molecule has 4 nitrogen and oxygen atoms in total. The van der Waals surface area contributed by atoms with Crippen LogP contribution in [0.15, 0.2) is 41.0 Å². The number of aromatic nitrogens is 1. The highest BCUT2D eigenvalue weighted by Gasteiger charge is 2.55. The highest BCUT2D eigenvalue weighted by atomic mass is 35.5. The topological polar surface area (TPSA) is 57.8 Å². The summed E-state index contributed by atoms with van der Waals surface area (Å²) in [5.74, 6) is 0. The van der Waals surface area contributed by atoms with Gasteiger partial charge in [0.2, 0.25) is 0 Å². The molecule has 0 fully saturated rings. The Kier molecular flexibility index (Phi) is 3.60. The van der Waals surface area contributed by atoms with Gasteiger partial charge in [-0.1, -0.05) is 11.6 Å². The standard InChI is InChI=1S/C12H11ClF3N3O/c1-10(20,8-2-4-17-6-9(8)13)11(3-5-18-19-11)7-12(14,15)16/h2-6,20H,7H2,1H3. The van der Waals surface area contributed by atoms with Crippen molar-refractivity contribution in [3.05, 3.63) is 41.3 Å². The van der Waals surface area contributed by atoms with Gasteiger partial charge in [0, 0.05) is 24.2 Å². The van der Waals surface area contributed by atoms with Crippen LogP contribution in [0.5, 0.6) is 0 Å². The van der Waals surface area contributed by atoms with Crippen LogP contribution in [0.3, 0.4) is 0 Å². The smallest absolute Gasteiger partial charge is 0.382 e. The van der Waals surface area contributed by atoms with Gasteiger partial charge in [0.25, 0.3) is 0 Å². The number of pyridine rings is 1. The first-order valence-corrected chi connectivity index (χ1v) is 6.05. The molecule has 0 spiro atoms. The van der Waals surface area contributed by atoms with Crippen molar-refractivity contribution in [1.82, 2.24) is 4.98 Å². The van der Waals surface area contributed by atoms with E-state index >= 15 is 0 Å². The second-order valence-corrected chi connectivity index (χ2v) is 5.08. The number of nitrogens with zero attached hydrogens (tertiary/aromatic N) is 3. The third-order valence-electron chi connectivity index (χ3n) is 3.26. The second kappa shape index (κ2) is 4.82. The first-order valence-electron chi connectivity index (χ1n) is 5.67. The van der Waals surface area contributed by atoms with Crippen LogP contribution in [0.25, 0.3) is 0 Å². The Morgan fingerprint density at radius 1 is 1.40 bits per heavy atom. The molecule has 1 aliphatic heterocycles. The van der Waals surface area contributed by atoms with Crippen molar-refractivity contribution in [3.63, 3.8) is 0 Å². The minimum atomic E-state index is -4.52. The van der Waals surface area contributed by atoms with Crippen molar-refractivity contribution < 1.29 is 18.3 Å². The number of alkyl halides is 3. The van der Waals surface area contributed by atoms with Crippen LogP contribution in [0.1, 0.15) is 18.9 Å². The Hall–Kier alpha value is -1.47. The maximum atomic E-state index is 12.8. The zero-order valence-corrected chi connectivity index (χ0v) is 11.2. The number of aliphatic hydroxyl groups is 1. The van der Waals surface area contributed by atoms with Gasteiger partial charge in [0.05, 0.1) is 11.4 Å². The molecular formula is C12H11ClF3N3O. The molecule has 1 aromatic rings. The quantitative estimate of drug-likeness (QED) is 0.927. The second-order valence-electron chi connectivity index (χ2n) is 4.68. The molecule has 2 atom stereocenters. The number of halogens is 4. The average molecular weight is 306 g/mol. The van der Waals surface area contributed by atoms with Crippen LogP contribution in [-0.4, -0.2) is 21.8 Å². The minimum absolute atomic E-state index is 0.0644. The predicted molar refractivity (Wildman–Crippen MR) is 66.2 cm³/mol. The fourth-order valence-electron chi connectivity index (χ4n) is 2.16. The van der Waals surface area contributed by atoms with E-state index in [2.05, 4.69) is 15.2 Å². The van der Waals surface area contributed by atoms with E-state index in [1.807, 2.05) is 0 Å². The molecule has 2 unspecified atom stereocenters. The molecule has 1 aliphatic rings. The average Bonchev–Trinajstić information content (AvgIpc) is 2.77. The largest absolute Gasteiger partial charge is 0.391 e. The maximum Gasteiger partial charge on any atom is 0.391 e. The fourth-order valence-corrected chi connectivity index (χ4v) is 2.46. The van der Waals surface area contributed by atoms with E-state index in [-0.39, 0.29) is 10.6 Å². The maximum absolute atomic E-state index is 12.8. The molecule has 1 N–H and O–H groups in total. The summed E-state index contributed by atoms with van der Waals surface area (Å²) in [5, 5.41) is 17.8. The van der Waals surface area contributed by atoms with Crippen LogP contribution in [0.2, 0.25) is 5.02 Å². The molecule has 0 aliphatic carbocycles. The van der Waals surface area contributed by atoms with Crippen LogP contribution in [-0.2, 0) is 5.60 Å². The monoisotopic (exact) mass is 305 g/mol. The Morgan fingerprint density at radius 2 is 2.10 bits per heavy atom. The molecule has 0 bridgehead atoms. The Morgan fingerprint density at radius 3 is 2.60 bits per heavy atom. The summed E-state index contributed by atoms with van der Waals surface area (Å²) >= 11 is 5.92. The van der Waals surface area contributed by atoms with E-state index in [4.69, 9.17) is 11.6 Å². The summed E-state index contributed by atoms with van der Waals surface area (Å²) < 4.78 is 38.4. The molecule has 1 aromatic heterocycles. The van der Waals surface area contributed by atoms with Gasteiger partial charge in [0.15, 0.2) is 0 Å². The Balaban J connectivity index is 2.52. The van der Waals surface area contributed by atoms with Gasteiger partial charge in [-0.05, 0) is 19.1 Å². The van der Waals surface area contributed by atoms with Crippen molar-refractivity contribution in [2.75, 3.05) is 0 Å². The zero-order valence-electron chi connectivity index (χ0n) is 10.4. The van der Waals surface area contributed by atoms with Gasteiger partial charge in [-0.3, -0.25) is 4.98 Å². The van der Waals surface area contributed by atoms with E-state index in [9.17, 15) is 18.3 Å². The molecule has 20 heavy (non-hydrogen) atoms. The van der Waals surface area contributed by atoms with Crippen LogP contribution in [0, 0.1) is 0 Å². The highest BCUT2D eigenvalue weighted by molar-refractivity contribution is 6.31. The summed E-state index contributed by atoms with van der Waals surface area (Å²) in [5.41, 5.74) is -3.79. The van der Waals surface area contributed by atoms with Gasteiger partial charge in [-0.25, -0.2) is 0 Å². The lowest BCUT2D eigenvalue weighted by Gasteiger charge is -2.39.